The van der Waals surface area contributed by atoms with Crippen molar-refractivity contribution in [3.63, 3.8) is 0 Å². The Balaban J connectivity index is 1.98. The number of hydrogen-bond acceptors (Lipinski definition) is 2. The number of nitrogens with zero attached hydrogens (tertiary/aromatic N) is 1. The first-order valence-corrected chi connectivity index (χ1v) is 8.24. The number of hydrogen-bond donors (Lipinski definition) is 0. The maximum atomic E-state index is 2.23. The molecule has 0 bridgehead atoms. The summed E-state index contributed by atoms with van der Waals surface area (Å²) < 4.78 is 2.71. The van der Waals surface area contributed by atoms with Crippen LogP contribution >= 0.6 is 11.3 Å². The Morgan fingerprint density at radius 2 is 1.45 bits per heavy atom. The Morgan fingerprint density at radius 1 is 0.727 bits per heavy atom. The van der Waals surface area contributed by atoms with Crippen LogP contribution in [0.15, 0.2) is 66.7 Å². The lowest BCUT2D eigenvalue weighted by molar-refractivity contribution is 1.13. The maximum Gasteiger partial charge on any atom is 0.0361 e. The third-order valence-electron chi connectivity index (χ3n) is 4.10. The minimum Gasteiger partial charge on any atom is -0.378 e. The summed E-state index contributed by atoms with van der Waals surface area (Å²) in [6.07, 6.45) is 0. The Kier molecular flexibility index (Phi) is 3.12. The van der Waals surface area contributed by atoms with Crippen LogP contribution in [0.4, 0.5) is 5.69 Å². The summed E-state index contributed by atoms with van der Waals surface area (Å²) in [4.78, 5) is 2.13. The van der Waals surface area contributed by atoms with Gasteiger partial charge in [-0.2, -0.15) is 0 Å². The molecule has 22 heavy (non-hydrogen) atoms. The molecule has 0 unspecified atom stereocenters. The van der Waals surface area contributed by atoms with Crippen molar-refractivity contribution in [1.29, 1.82) is 0 Å². The Labute approximate surface area is 134 Å². The van der Waals surface area contributed by atoms with E-state index in [-0.39, 0.29) is 0 Å². The Hall–Kier alpha value is -2.32. The molecular formula is C20H17NS. The zero-order chi connectivity index (χ0) is 15.1. The molecule has 3 aromatic carbocycles. The van der Waals surface area contributed by atoms with E-state index in [0.29, 0.717) is 0 Å². The first kappa shape index (κ1) is 13.4. The summed E-state index contributed by atoms with van der Waals surface area (Å²) in [7, 11) is 4.14. The van der Waals surface area contributed by atoms with Crippen molar-refractivity contribution in [3.8, 4) is 11.1 Å². The third kappa shape index (κ3) is 2.08. The predicted molar refractivity (Wildman–Crippen MR) is 99.1 cm³/mol. The van der Waals surface area contributed by atoms with Gasteiger partial charge in [0.2, 0.25) is 0 Å². The van der Waals surface area contributed by atoms with Gasteiger partial charge < -0.3 is 4.90 Å². The Morgan fingerprint density at radius 3 is 2.23 bits per heavy atom. The summed E-state index contributed by atoms with van der Waals surface area (Å²) in [6, 6.07) is 24.1. The highest BCUT2D eigenvalue weighted by atomic mass is 32.1. The molecule has 0 saturated heterocycles. The molecule has 4 aromatic rings. The van der Waals surface area contributed by atoms with Crippen LogP contribution in [0.3, 0.4) is 0 Å². The molecule has 0 fully saturated rings. The number of thiophene rings is 1. The van der Waals surface area contributed by atoms with Crippen LogP contribution in [0.25, 0.3) is 31.3 Å². The molecule has 0 aliphatic rings. The predicted octanol–water partition coefficient (Wildman–Crippen LogP) is 5.79. The van der Waals surface area contributed by atoms with E-state index in [0.717, 1.165) is 0 Å². The molecule has 1 nitrogen and oxygen atoms in total. The van der Waals surface area contributed by atoms with Gasteiger partial charge >= 0.3 is 0 Å². The minimum atomic E-state index is 1.23. The molecule has 108 valence electrons. The van der Waals surface area contributed by atoms with Crippen molar-refractivity contribution >= 4 is 37.2 Å². The molecule has 1 aromatic heterocycles. The zero-order valence-corrected chi connectivity index (χ0v) is 13.5. The summed E-state index contributed by atoms with van der Waals surface area (Å²) in [5, 5.41) is 2.73. The molecule has 0 atom stereocenters. The Bertz CT molecular complexity index is 948. The van der Waals surface area contributed by atoms with E-state index in [2.05, 4.69) is 85.7 Å². The van der Waals surface area contributed by atoms with Gasteiger partial charge in [-0.25, -0.2) is 0 Å². The topological polar surface area (TPSA) is 3.24 Å². The van der Waals surface area contributed by atoms with Gasteiger partial charge in [0.25, 0.3) is 0 Å². The van der Waals surface area contributed by atoms with Crippen molar-refractivity contribution < 1.29 is 0 Å². The second-order valence-electron chi connectivity index (χ2n) is 5.72. The fraction of sp³-hybridized carbons (Fsp3) is 0.100. The lowest BCUT2D eigenvalue weighted by Gasteiger charge is -2.13. The first-order chi connectivity index (χ1) is 10.7. The molecule has 2 heteroatoms. The van der Waals surface area contributed by atoms with Gasteiger partial charge in [0.05, 0.1) is 0 Å². The molecule has 0 N–H and O–H groups in total. The molecule has 0 spiro atoms. The van der Waals surface area contributed by atoms with Gasteiger partial charge in [-0.05, 0) is 35.4 Å². The number of benzene rings is 3. The fourth-order valence-corrected chi connectivity index (χ4v) is 4.09. The first-order valence-electron chi connectivity index (χ1n) is 7.42. The van der Waals surface area contributed by atoms with Gasteiger partial charge in [-0.15, -0.1) is 11.3 Å². The summed E-state index contributed by atoms with van der Waals surface area (Å²) in [5.41, 5.74) is 3.83. The minimum absolute atomic E-state index is 1.23. The lowest BCUT2D eigenvalue weighted by Crippen LogP contribution is -2.07. The monoisotopic (exact) mass is 303 g/mol. The van der Waals surface area contributed by atoms with Gasteiger partial charge in [0, 0.05) is 40.0 Å². The molecule has 1 heterocycles. The van der Waals surface area contributed by atoms with Crippen LogP contribution in [0, 0.1) is 0 Å². The van der Waals surface area contributed by atoms with E-state index >= 15 is 0 Å². The fourth-order valence-electron chi connectivity index (χ4n) is 2.95. The van der Waals surface area contributed by atoms with Crippen molar-refractivity contribution in [2.75, 3.05) is 19.0 Å². The van der Waals surface area contributed by atoms with Gasteiger partial charge in [0.15, 0.2) is 0 Å². The van der Waals surface area contributed by atoms with Gasteiger partial charge in [-0.1, -0.05) is 42.5 Å². The normalized spacial score (nSPS) is 11.2. The number of fused-ring (bicyclic) bond motifs is 3. The van der Waals surface area contributed by atoms with E-state index in [1.54, 1.807) is 0 Å². The second kappa shape index (κ2) is 5.15. The molecule has 4 rings (SSSR count). The van der Waals surface area contributed by atoms with Gasteiger partial charge in [0.1, 0.15) is 0 Å². The molecule has 0 saturated carbocycles. The smallest absolute Gasteiger partial charge is 0.0361 e. The van der Waals surface area contributed by atoms with E-state index in [1.807, 2.05) is 11.3 Å². The van der Waals surface area contributed by atoms with Crippen LogP contribution < -0.4 is 4.90 Å². The molecule has 0 aliphatic carbocycles. The third-order valence-corrected chi connectivity index (χ3v) is 5.23. The molecule has 0 radical (unpaired) electrons. The zero-order valence-electron chi connectivity index (χ0n) is 12.7. The van der Waals surface area contributed by atoms with Crippen LogP contribution in [-0.4, -0.2) is 14.1 Å². The highest BCUT2D eigenvalue weighted by molar-refractivity contribution is 7.25. The van der Waals surface area contributed by atoms with E-state index in [9.17, 15) is 0 Å². The molecule has 0 aliphatic heterocycles. The highest BCUT2D eigenvalue weighted by Gasteiger charge is 2.10. The van der Waals surface area contributed by atoms with Crippen LogP contribution in [0.5, 0.6) is 0 Å². The molecular weight excluding hydrogens is 286 g/mol. The second-order valence-corrected chi connectivity index (χ2v) is 6.80. The van der Waals surface area contributed by atoms with Crippen molar-refractivity contribution in [1.82, 2.24) is 0 Å². The van der Waals surface area contributed by atoms with Crippen LogP contribution in [-0.2, 0) is 0 Å². The lowest BCUT2D eigenvalue weighted by atomic mass is 9.99. The van der Waals surface area contributed by atoms with Crippen LogP contribution in [0.2, 0.25) is 0 Å². The van der Waals surface area contributed by atoms with Crippen molar-refractivity contribution in [2.45, 2.75) is 0 Å². The maximum absolute atomic E-state index is 2.23. The number of rotatable bonds is 2. The van der Waals surface area contributed by atoms with Crippen molar-refractivity contribution in [2.24, 2.45) is 0 Å². The summed E-state index contributed by atoms with van der Waals surface area (Å²) >= 11 is 1.87. The van der Waals surface area contributed by atoms with Crippen LogP contribution in [0.1, 0.15) is 0 Å². The van der Waals surface area contributed by atoms with E-state index in [1.165, 1.54) is 37.0 Å². The summed E-state index contributed by atoms with van der Waals surface area (Å²) in [5.74, 6) is 0. The van der Waals surface area contributed by atoms with E-state index in [4.69, 9.17) is 0 Å². The quantitative estimate of drug-likeness (QED) is 0.453. The summed E-state index contributed by atoms with van der Waals surface area (Å²) in [6.45, 7) is 0. The molecule has 0 amide bonds. The largest absolute Gasteiger partial charge is 0.378 e. The van der Waals surface area contributed by atoms with Gasteiger partial charge in [-0.3, -0.25) is 0 Å². The standard InChI is InChI=1S/C20H17NS/c1-21(2)15-12-10-14(11-13-15)16-7-5-9-19-20(16)17-6-3-4-8-18(17)22-19/h3-13H,1-2H3. The average molecular weight is 303 g/mol. The van der Waals surface area contributed by atoms with Crippen molar-refractivity contribution in [3.05, 3.63) is 66.7 Å². The van der Waals surface area contributed by atoms with E-state index < -0.39 is 0 Å². The SMILES string of the molecule is CN(C)c1ccc(-c2cccc3sc4ccccc4c23)cc1. The average Bonchev–Trinajstić information content (AvgIpc) is 2.93. The number of anilines is 1. The highest BCUT2D eigenvalue weighted by Crippen LogP contribution is 2.39.